The molecule has 2 aromatic carbocycles. The highest BCUT2D eigenvalue weighted by Crippen LogP contribution is 2.37. The van der Waals surface area contributed by atoms with Crippen LogP contribution in [0.15, 0.2) is 41.3 Å². The van der Waals surface area contributed by atoms with E-state index < -0.39 is 9.84 Å². The normalized spacial score (nSPS) is 14.2. The molecule has 3 aromatic rings. The highest BCUT2D eigenvalue weighted by Gasteiger charge is 2.29. The van der Waals surface area contributed by atoms with Crippen LogP contribution in [-0.4, -0.2) is 34.2 Å². The van der Waals surface area contributed by atoms with Gasteiger partial charge >= 0.3 is 0 Å². The minimum Gasteiger partial charge on any atom is -0.380 e. The Morgan fingerprint density at radius 2 is 2.07 bits per heavy atom. The van der Waals surface area contributed by atoms with Gasteiger partial charge in [-0.25, -0.2) is 12.8 Å². The molecule has 1 aliphatic heterocycles. The van der Waals surface area contributed by atoms with Crippen LogP contribution < -0.4 is 4.90 Å². The summed E-state index contributed by atoms with van der Waals surface area (Å²) in [6, 6.07) is 9.66. The van der Waals surface area contributed by atoms with Gasteiger partial charge in [-0.3, -0.25) is 4.79 Å². The van der Waals surface area contributed by atoms with Crippen molar-refractivity contribution in [3.63, 3.8) is 0 Å². The fraction of sp³-hybridized carbons (Fsp3) is 0.286. The zero-order valence-corrected chi connectivity index (χ0v) is 17.7. The molecule has 2 heterocycles. The molecule has 29 heavy (non-hydrogen) atoms. The Labute approximate surface area is 172 Å². The molecule has 152 valence electrons. The molecular formula is C21H20FNO4S2. The van der Waals surface area contributed by atoms with Crippen molar-refractivity contribution in [2.75, 3.05) is 24.8 Å². The van der Waals surface area contributed by atoms with E-state index in [-0.39, 0.29) is 23.2 Å². The summed E-state index contributed by atoms with van der Waals surface area (Å²) in [5.74, 6) is -0.590. The lowest BCUT2D eigenvalue weighted by Crippen LogP contribution is -2.35. The first-order chi connectivity index (χ1) is 13.8. The van der Waals surface area contributed by atoms with E-state index in [1.165, 1.54) is 36.8 Å². The van der Waals surface area contributed by atoms with Gasteiger partial charge in [0.05, 0.1) is 16.4 Å². The van der Waals surface area contributed by atoms with Crippen LogP contribution in [-0.2, 0) is 27.6 Å². The number of nitrogens with zero attached hydrogens (tertiary/aromatic N) is 1. The van der Waals surface area contributed by atoms with Gasteiger partial charge in [0.2, 0.25) is 0 Å². The summed E-state index contributed by atoms with van der Waals surface area (Å²) in [4.78, 5) is 15.8. The van der Waals surface area contributed by atoms with Crippen LogP contribution in [0, 0.1) is 5.82 Å². The third kappa shape index (κ3) is 3.56. The number of hydrogen-bond acceptors (Lipinski definition) is 5. The maximum absolute atomic E-state index is 14.5. The lowest BCUT2D eigenvalue weighted by Gasteiger charge is -2.29. The van der Waals surface area contributed by atoms with E-state index in [4.69, 9.17) is 4.74 Å². The Hall–Kier alpha value is -2.29. The molecular weight excluding hydrogens is 413 g/mol. The average Bonchev–Trinajstić information content (AvgIpc) is 3.06. The maximum atomic E-state index is 14.5. The molecule has 1 aliphatic rings. The van der Waals surface area contributed by atoms with Crippen molar-refractivity contribution in [2.45, 2.75) is 24.3 Å². The van der Waals surface area contributed by atoms with E-state index in [1.807, 2.05) is 0 Å². The number of thiophene rings is 1. The van der Waals surface area contributed by atoms with Gasteiger partial charge in [0, 0.05) is 41.2 Å². The number of carbonyl (C=O) groups is 1. The molecule has 0 unspecified atom stereocenters. The number of benzene rings is 2. The molecule has 0 fully saturated rings. The second-order valence-corrected chi connectivity index (χ2v) is 10.1. The minimum absolute atomic E-state index is 0.135. The largest absolute Gasteiger partial charge is 0.380 e. The molecule has 8 heteroatoms. The van der Waals surface area contributed by atoms with E-state index in [9.17, 15) is 17.6 Å². The quantitative estimate of drug-likeness (QED) is 0.619. The molecule has 0 saturated heterocycles. The molecule has 5 nitrogen and oxygen atoms in total. The van der Waals surface area contributed by atoms with Gasteiger partial charge in [0.25, 0.3) is 5.91 Å². The number of halogens is 1. The smallest absolute Gasteiger partial charge is 0.268 e. The van der Waals surface area contributed by atoms with Crippen LogP contribution in [0.5, 0.6) is 0 Å². The van der Waals surface area contributed by atoms with Crippen molar-refractivity contribution in [1.29, 1.82) is 0 Å². The second kappa shape index (κ2) is 7.51. The van der Waals surface area contributed by atoms with Crippen molar-refractivity contribution < 1.29 is 22.3 Å². The standard InChI is InChI=1S/C21H20FNO4S2/c1-27-12-15-19-16(22)6-3-7-18(19)28-20(15)21(24)23-10-4-5-13-11-14(29(2,25)26)8-9-17(13)23/h3,6-9,11H,4-5,10,12H2,1-2H3. The Bertz CT molecular complexity index is 1220. The zero-order valence-electron chi connectivity index (χ0n) is 16.1. The highest BCUT2D eigenvalue weighted by molar-refractivity contribution is 7.90. The van der Waals surface area contributed by atoms with Crippen LogP contribution >= 0.6 is 11.3 Å². The number of ether oxygens (including phenoxy) is 1. The van der Waals surface area contributed by atoms with Gasteiger partial charge in [-0.15, -0.1) is 11.3 Å². The lowest BCUT2D eigenvalue weighted by molar-refractivity contribution is 0.0985. The van der Waals surface area contributed by atoms with Gasteiger partial charge in [-0.05, 0) is 48.7 Å². The van der Waals surface area contributed by atoms with Crippen LogP contribution in [0.4, 0.5) is 10.1 Å². The third-order valence-corrected chi connectivity index (χ3v) is 7.38. The van der Waals surface area contributed by atoms with Gasteiger partial charge < -0.3 is 9.64 Å². The maximum Gasteiger partial charge on any atom is 0.268 e. The summed E-state index contributed by atoms with van der Waals surface area (Å²) in [5, 5.41) is 0.423. The van der Waals surface area contributed by atoms with E-state index in [0.717, 1.165) is 12.0 Å². The number of sulfone groups is 1. The van der Waals surface area contributed by atoms with Crippen molar-refractivity contribution in [1.82, 2.24) is 0 Å². The molecule has 0 atom stereocenters. The van der Waals surface area contributed by atoms with Crippen LogP contribution in [0.3, 0.4) is 0 Å². The average molecular weight is 434 g/mol. The fourth-order valence-electron chi connectivity index (χ4n) is 3.76. The van der Waals surface area contributed by atoms with E-state index in [1.54, 1.807) is 29.2 Å². The molecule has 0 aliphatic carbocycles. The first kappa shape index (κ1) is 20.0. The SMILES string of the molecule is COCc1c(C(=O)N2CCCc3cc(S(C)(=O)=O)ccc32)sc2cccc(F)c12. The Balaban J connectivity index is 1.81. The highest BCUT2D eigenvalue weighted by atomic mass is 32.2. The first-order valence-corrected chi connectivity index (χ1v) is 11.9. The van der Waals surface area contributed by atoms with Gasteiger partial charge in [0.1, 0.15) is 5.82 Å². The summed E-state index contributed by atoms with van der Waals surface area (Å²) in [6.07, 6.45) is 2.60. The summed E-state index contributed by atoms with van der Waals surface area (Å²) in [5.41, 5.74) is 2.08. The van der Waals surface area contributed by atoms with E-state index >= 15 is 0 Å². The Kier molecular flexibility index (Phi) is 5.18. The molecule has 0 radical (unpaired) electrons. The monoisotopic (exact) mass is 433 g/mol. The van der Waals surface area contributed by atoms with Crippen molar-refractivity contribution in [2.24, 2.45) is 0 Å². The fourth-order valence-corrected chi connectivity index (χ4v) is 5.60. The first-order valence-electron chi connectivity index (χ1n) is 9.15. The van der Waals surface area contributed by atoms with Gasteiger partial charge in [-0.2, -0.15) is 0 Å². The number of methoxy groups -OCH3 is 1. The van der Waals surface area contributed by atoms with Crippen molar-refractivity contribution in [3.05, 3.63) is 58.2 Å². The van der Waals surface area contributed by atoms with Crippen molar-refractivity contribution in [3.8, 4) is 0 Å². The van der Waals surface area contributed by atoms with Crippen molar-refractivity contribution >= 4 is 42.9 Å². The topological polar surface area (TPSA) is 63.7 Å². The van der Waals surface area contributed by atoms with E-state index in [2.05, 4.69) is 0 Å². The second-order valence-electron chi connectivity index (χ2n) is 7.08. The number of fused-ring (bicyclic) bond motifs is 2. The molecule has 0 bridgehead atoms. The third-order valence-electron chi connectivity index (χ3n) is 5.09. The summed E-state index contributed by atoms with van der Waals surface area (Å²) < 4.78 is 44.2. The molecule has 1 aromatic heterocycles. The Morgan fingerprint density at radius 3 is 2.79 bits per heavy atom. The van der Waals surface area contributed by atoms with Gasteiger partial charge in [0.15, 0.2) is 9.84 Å². The minimum atomic E-state index is -3.32. The van der Waals surface area contributed by atoms with Gasteiger partial charge in [-0.1, -0.05) is 6.07 Å². The molecule has 0 spiro atoms. The summed E-state index contributed by atoms with van der Waals surface area (Å²) in [7, 11) is -1.81. The summed E-state index contributed by atoms with van der Waals surface area (Å²) in [6.45, 7) is 0.656. The number of amides is 1. The Morgan fingerprint density at radius 1 is 1.28 bits per heavy atom. The predicted molar refractivity (Wildman–Crippen MR) is 112 cm³/mol. The number of hydrogen-bond donors (Lipinski definition) is 0. The van der Waals surface area contributed by atoms with Crippen LogP contribution in [0.2, 0.25) is 0 Å². The number of aryl methyl sites for hydroxylation is 1. The summed E-state index contributed by atoms with van der Waals surface area (Å²) >= 11 is 1.25. The molecule has 0 saturated carbocycles. The number of rotatable bonds is 4. The number of anilines is 1. The predicted octanol–water partition coefficient (Wildman–Crippen LogP) is 4.18. The lowest BCUT2D eigenvalue weighted by atomic mass is 10.0. The number of carbonyl (C=O) groups excluding carboxylic acids is 1. The molecule has 0 N–H and O–H groups in total. The molecule has 4 rings (SSSR count). The van der Waals surface area contributed by atoms with Crippen LogP contribution in [0.25, 0.3) is 10.1 Å². The van der Waals surface area contributed by atoms with E-state index in [0.29, 0.717) is 39.2 Å². The van der Waals surface area contributed by atoms with Crippen LogP contribution in [0.1, 0.15) is 27.2 Å². The zero-order chi connectivity index (χ0) is 20.8. The molecule has 1 amide bonds.